The number of nitrogens with one attached hydrogen (secondary N) is 1. The number of benzene rings is 3. The molecule has 0 bridgehead atoms. The summed E-state index contributed by atoms with van der Waals surface area (Å²) in [7, 11) is 0. The molecular weight excluding hydrogens is 412 g/mol. The van der Waals surface area contributed by atoms with E-state index in [9.17, 15) is 0 Å². The molecule has 164 valence electrons. The zero-order valence-corrected chi connectivity index (χ0v) is 19.6. The molecule has 0 amide bonds. The quantitative estimate of drug-likeness (QED) is 0.251. The molecule has 32 heavy (non-hydrogen) atoms. The van der Waals surface area contributed by atoms with Gasteiger partial charge in [-0.05, 0) is 47.0 Å². The second kappa shape index (κ2) is 11.4. The molecule has 0 aliphatic carbocycles. The fourth-order valence-electron chi connectivity index (χ4n) is 3.73. The van der Waals surface area contributed by atoms with Crippen molar-refractivity contribution in [1.29, 1.82) is 5.41 Å². The highest BCUT2D eigenvalue weighted by Gasteiger charge is 2.19. The van der Waals surface area contributed by atoms with Crippen LogP contribution in [0.25, 0.3) is 16.8 Å². The molecule has 0 saturated heterocycles. The minimum absolute atomic E-state index is 0.625. The van der Waals surface area contributed by atoms with Crippen LogP contribution in [-0.2, 0) is 6.54 Å². The maximum atomic E-state index is 7.60. The van der Waals surface area contributed by atoms with Gasteiger partial charge in [-0.15, -0.1) is 12.6 Å². The summed E-state index contributed by atoms with van der Waals surface area (Å²) in [5, 5.41) is 7.60. The second-order valence-corrected chi connectivity index (χ2v) is 7.65. The van der Waals surface area contributed by atoms with Crippen molar-refractivity contribution < 1.29 is 4.74 Å². The Labute approximate surface area is 197 Å². The van der Waals surface area contributed by atoms with Gasteiger partial charge in [0.1, 0.15) is 12.4 Å². The summed E-state index contributed by atoms with van der Waals surface area (Å²) in [6, 6.07) is 22.7. The first-order valence-electron chi connectivity index (χ1n) is 10.9. The average Bonchev–Trinajstić information content (AvgIpc) is 3.06. The van der Waals surface area contributed by atoms with Crippen molar-refractivity contribution in [3.05, 3.63) is 102 Å². The van der Waals surface area contributed by atoms with E-state index in [2.05, 4.69) is 66.6 Å². The van der Waals surface area contributed by atoms with E-state index in [0.29, 0.717) is 6.61 Å². The Hall–Kier alpha value is -3.24. The number of hydrogen-bond donors (Lipinski definition) is 2. The highest BCUT2D eigenvalue weighted by Crippen LogP contribution is 2.33. The van der Waals surface area contributed by atoms with E-state index in [0.717, 1.165) is 57.2 Å². The van der Waals surface area contributed by atoms with E-state index in [1.54, 1.807) is 0 Å². The van der Waals surface area contributed by atoms with Crippen LogP contribution < -0.4 is 4.74 Å². The van der Waals surface area contributed by atoms with Gasteiger partial charge < -0.3 is 15.0 Å². The summed E-state index contributed by atoms with van der Waals surface area (Å²) >= 11 is 4.43. The monoisotopic (exact) mass is 442 g/mol. The standard InChI is InChI=1S/C26H24N2OS.C2H6/c1-2-6-24(19-7-4-3-5-8-19)28-13-14-29-25-11-9-20(16-23(25)18-28)21-10-12-26(30)22(15-21)17-27;1-2/h2-12,15-17,27,30H,1,13-14,18H2;1-2H3/b24-6+,27-17?;. The molecule has 0 spiro atoms. The van der Waals surface area contributed by atoms with Crippen LogP contribution in [0.3, 0.4) is 0 Å². The van der Waals surface area contributed by atoms with Gasteiger partial charge in [-0.3, -0.25) is 0 Å². The van der Waals surface area contributed by atoms with Crippen LogP contribution in [0.2, 0.25) is 0 Å². The van der Waals surface area contributed by atoms with Gasteiger partial charge in [0.2, 0.25) is 0 Å². The van der Waals surface area contributed by atoms with E-state index >= 15 is 0 Å². The highest BCUT2D eigenvalue weighted by atomic mass is 32.1. The maximum absolute atomic E-state index is 7.60. The van der Waals surface area contributed by atoms with Crippen molar-refractivity contribution in [2.24, 2.45) is 0 Å². The molecule has 3 nitrogen and oxygen atoms in total. The molecule has 1 aliphatic rings. The van der Waals surface area contributed by atoms with Crippen LogP contribution in [0, 0.1) is 5.41 Å². The number of thiol groups is 1. The van der Waals surface area contributed by atoms with Gasteiger partial charge >= 0.3 is 0 Å². The van der Waals surface area contributed by atoms with Crippen molar-refractivity contribution in [2.45, 2.75) is 25.3 Å². The van der Waals surface area contributed by atoms with Gasteiger partial charge in [0.15, 0.2) is 0 Å². The van der Waals surface area contributed by atoms with Crippen LogP contribution >= 0.6 is 12.6 Å². The molecule has 0 radical (unpaired) electrons. The minimum atomic E-state index is 0.625. The Morgan fingerprint density at radius 3 is 2.47 bits per heavy atom. The third-order valence-electron chi connectivity index (χ3n) is 5.24. The lowest BCUT2D eigenvalue weighted by atomic mass is 10.00. The lowest BCUT2D eigenvalue weighted by Gasteiger charge is -2.25. The summed E-state index contributed by atoms with van der Waals surface area (Å²) < 4.78 is 6.05. The highest BCUT2D eigenvalue weighted by molar-refractivity contribution is 7.80. The zero-order chi connectivity index (χ0) is 22.9. The fourth-order valence-corrected chi connectivity index (χ4v) is 3.94. The lowest BCUT2D eigenvalue weighted by molar-refractivity contribution is 0.283. The molecule has 3 aromatic carbocycles. The number of rotatable bonds is 5. The zero-order valence-electron chi connectivity index (χ0n) is 18.7. The SMILES string of the molecule is C=C/C=C(\c1ccccc1)N1CCOc2ccc(-c3ccc(S)c(C=N)c3)cc2C1.CC. The topological polar surface area (TPSA) is 36.3 Å². The predicted molar refractivity (Wildman–Crippen MR) is 139 cm³/mol. The van der Waals surface area contributed by atoms with Crippen LogP contribution in [0.4, 0.5) is 0 Å². The van der Waals surface area contributed by atoms with Gasteiger partial charge in [-0.1, -0.05) is 69.0 Å². The van der Waals surface area contributed by atoms with Gasteiger partial charge in [0, 0.05) is 34.5 Å². The number of hydrogen-bond acceptors (Lipinski definition) is 4. The van der Waals surface area contributed by atoms with Crippen LogP contribution in [-0.4, -0.2) is 24.3 Å². The largest absolute Gasteiger partial charge is 0.491 e. The molecule has 3 aromatic rings. The summed E-state index contributed by atoms with van der Waals surface area (Å²) in [5.74, 6) is 0.922. The smallest absolute Gasteiger partial charge is 0.124 e. The van der Waals surface area contributed by atoms with Crippen LogP contribution in [0.1, 0.15) is 30.5 Å². The molecule has 4 heteroatoms. The molecule has 0 fully saturated rings. The lowest BCUT2D eigenvalue weighted by Crippen LogP contribution is -2.24. The van der Waals surface area contributed by atoms with Gasteiger partial charge in [0.25, 0.3) is 0 Å². The van der Waals surface area contributed by atoms with E-state index < -0.39 is 0 Å². The first kappa shape index (κ1) is 23.4. The van der Waals surface area contributed by atoms with E-state index in [4.69, 9.17) is 10.1 Å². The maximum Gasteiger partial charge on any atom is 0.124 e. The number of nitrogens with zero attached hydrogens (tertiary/aromatic N) is 1. The third kappa shape index (κ3) is 5.32. The molecule has 0 aromatic heterocycles. The Morgan fingerprint density at radius 1 is 1.03 bits per heavy atom. The van der Waals surface area contributed by atoms with Crippen molar-refractivity contribution in [3.63, 3.8) is 0 Å². The molecule has 0 unspecified atom stereocenters. The Bertz CT molecular complexity index is 1110. The van der Waals surface area contributed by atoms with Gasteiger partial charge in [-0.25, -0.2) is 0 Å². The number of fused-ring (bicyclic) bond motifs is 1. The molecular formula is C28H30N2OS. The predicted octanol–water partition coefficient (Wildman–Crippen LogP) is 7.09. The normalized spacial score (nSPS) is 13.1. The molecule has 4 rings (SSSR count). The number of allylic oxidation sites excluding steroid dienone is 2. The Balaban J connectivity index is 0.00000141. The molecule has 0 atom stereocenters. The second-order valence-electron chi connectivity index (χ2n) is 7.16. The van der Waals surface area contributed by atoms with Gasteiger partial charge in [-0.2, -0.15) is 0 Å². The molecule has 1 N–H and O–H groups in total. The summed E-state index contributed by atoms with van der Waals surface area (Å²) in [6.07, 6.45) is 5.24. The van der Waals surface area contributed by atoms with Crippen LogP contribution in [0.15, 0.2) is 90.4 Å². The Kier molecular flexibility index (Phi) is 8.34. The van der Waals surface area contributed by atoms with Gasteiger partial charge in [0.05, 0.1) is 6.54 Å². The third-order valence-corrected chi connectivity index (χ3v) is 5.65. The number of ether oxygens (including phenoxy) is 1. The molecule has 1 heterocycles. The summed E-state index contributed by atoms with van der Waals surface area (Å²) in [5.41, 5.74) is 6.42. The van der Waals surface area contributed by atoms with Crippen molar-refractivity contribution in [3.8, 4) is 16.9 Å². The van der Waals surface area contributed by atoms with Crippen molar-refractivity contribution in [1.82, 2.24) is 4.90 Å². The average molecular weight is 443 g/mol. The molecule has 1 aliphatic heterocycles. The minimum Gasteiger partial charge on any atom is -0.491 e. The van der Waals surface area contributed by atoms with Crippen LogP contribution in [0.5, 0.6) is 5.75 Å². The fraction of sp³-hybridized carbons (Fsp3) is 0.179. The first-order chi connectivity index (χ1) is 15.7. The Morgan fingerprint density at radius 2 is 1.75 bits per heavy atom. The van der Waals surface area contributed by atoms with E-state index in [-0.39, 0.29) is 0 Å². The molecule has 0 saturated carbocycles. The van der Waals surface area contributed by atoms with Crippen molar-refractivity contribution >= 4 is 24.5 Å². The van der Waals surface area contributed by atoms with E-state index in [1.165, 1.54) is 6.21 Å². The van der Waals surface area contributed by atoms with Crippen molar-refractivity contribution in [2.75, 3.05) is 13.2 Å². The summed E-state index contributed by atoms with van der Waals surface area (Å²) in [4.78, 5) is 3.15. The first-order valence-corrected chi connectivity index (χ1v) is 11.4. The van der Waals surface area contributed by atoms with E-state index in [1.807, 2.05) is 50.3 Å². The summed E-state index contributed by atoms with van der Waals surface area (Å²) in [6.45, 7) is 10.1.